The van der Waals surface area contributed by atoms with Gasteiger partial charge in [0.15, 0.2) is 0 Å². The van der Waals surface area contributed by atoms with Gasteiger partial charge in [-0.1, -0.05) is 85.2 Å². The first-order chi connectivity index (χ1) is 57.9. The van der Waals surface area contributed by atoms with Crippen molar-refractivity contribution in [3.63, 3.8) is 0 Å². The number of imidazole rings is 2. The van der Waals surface area contributed by atoms with E-state index in [-0.39, 0.29) is 46.7 Å². The SMILES string of the molecule is CC(C)(C)c1ccc2nc(CCC3CC(N(CC4CC4)C[C@H]4C[C@@H](n5ccc6c(N)ncnc65)[C@H](O)[C@@H]4O)C3)[nH]c2c1.CC(C)CN(C[C@H]1C[C@@H](n2ccc3c(N)ncnc32)[C@H](O)[C@@H]1O)C1CC(CCC2=Nc3cc(C(C)(C)C)ccc3C2)C1.Cc1cc2[nH]c(CCC3CC(N(C)C[C@H]4C[C@@H](n5ccc6c(N)ncnc65)[C@H](O)[C@@H]4O)C3)nc2cc1Cl. The Balaban J connectivity index is 0.000000130. The highest BCUT2D eigenvalue weighted by atomic mass is 35.5. The summed E-state index contributed by atoms with van der Waals surface area (Å²) in [7, 11) is 2.14. The number of nitrogens with zero attached hydrogens (tertiary/aromatic N) is 15. The van der Waals surface area contributed by atoms with Crippen molar-refractivity contribution < 1.29 is 30.6 Å². The van der Waals surface area contributed by atoms with E-state index in [1.807, 2.05) is 63.5 Å². The van der Waals surface area contributed by atoms with Crippen LogP contribution in [0.5, 0.6) is 0 Å². The molecule has 0 spiro atoms. The molecule has 7 saturated carbocycles. The number of halogens is 1. The third-order valence-electron chi connectivity index (χ3n) is 28.8. The number of nitrogens with one attached hydrogen (secondary N) is 2. The van der Waals surface area contributed by atoms with Crippen LogP contribution in [-0.2, 0) is 30.1 Å². The third-order valence-corrected chi connectivity index (χ3v) is 29.2. The van der Waals surface area contributed by atoms with Crippen LogP contribution in [0.2, 0.25) is 5.02 Å². The van der Waals surface area contributed by atoms with Crippen LogP contribution in [0.4, 0.5) is 23.1 Å². The van der Waals surface area contributed by atoms with E-state index in [9.17, 15) is 30.6 Å². The van der Waals surface area contributed by atoms with Gasteiger partial charge in [0.05, 0.1) is 80.4 Å². The van der Waals surface area contributed by atoms with Crippen LogP contribution in [0.3, 0.4) is 0 Å². The molecule has 19 rings (SSSR count). The largest absolute Gasteiger partial charge is 0.390 e. The van der Waals surface area contributed by atoms with E-state index in [1.54, 1.807) is 0 Å². The van der Waals surface area contributed by atoms with Crippen molar-refractivity contribution in [2.75, 3.05) is 57.0 Å². The summed E-state index contributed by atoms with van der Waals surface area (Å²) in [6.45, 7) is 24.6. The molecular weight excluding hydrogens is 1540 g/mol. The number of benzene rings is 3. The molecule has 7 aliphatic carbocycles. The van der Waals surface area contributed by atoms with Gasteiger partial charge in [0.2, 0.25) is 0 Å². The van der Waals surface area contributed by atoms with E-state index in [0.717, 1.165) is 168 Å². The Morgan fingerprint density at radius 2 is 0.926 bits per heavy atom. The summed E-state index contributed by atoms with van der Waals surface area (Å²) in [5.41, 5.74) is 32.2. The Hall–Kier alpha value is -8.54. The summed E-state index contributed by atoms with van der Waals surface area (Å²) in [6.07, 6.45) is 24.5. The van der Waals surface area contributed by atoms with Crippen LogP contribution < -0.4 is 17.2 Å². The minimum Gasteiger partial charge on any atom is -0.390 e. The number of nitrogens with two attached hydrogens (primary N) is 3. The van der Waals surface area contributed by atoms with E-state index in [0.29, 0.717) is 77.5 Å². The maximum absolute atomic E-state index is 11.2. The average molecular weight is 1670 g/mol. The summed E-state index contributed by atoms with van der Waals surface area (Å²) in [6, 6.07) is 24.0. The van der Waals surface area contributed by atoms with Crippen LogP contribution in [0.15, 0.2) is 109 Å². The monoisotopic (exact) mass is 1670 g/mol. The summed E-state index contributed by atoms with van der Waals surface area (Å²) >= 11 is 6.24. The zero-order chi connectivity index (χ0) is 84.8. The third kappa shape index (κ3) is 18.0. The average Bonchev–Trinajstić information content (AvgIpc) is 1.62. The number of anilines is 3. The van der Waals surface area contributed by atoms with Gasteiger partial charge in [-0.05, 0) is 221 Å². The zero-order valence-corrected chi connectivity index (χ0v) is 72.9. The van der Waals surface area contributed by atoms with Crippen LogP contribution in [0.1, 0.15) is 204 Å². The Morgan fingerprint density at radius 3 is 1.41 bits per heavy atom. The number of aliphatic imine (C=N–C) groups is 1. The summed E-state index contributed by atoms with van der Waals surface area (Å²) < 4.78 is 5.89. The van der Waals surface area contributed by atoms with Gasteiger partial charge < -0.3 is 76.4 Å². The number of aryl methyl sites for hydroxylation is 3. The first kappa shape index (κ1) is 84.7. The van der Waals surface area contributed by atoms with Gasteiger partial charge >= 0.3 is 0 Å². The fourth-order valence-corrected chi connectivity index (χ4v) is 21.2. The van der Waals surface area contributed by atoms with E-state index >= 15 is 0 Å². The topological polar surface area (TPSA) is 371 Å². The lowest BCUT2D eigenvalue weighted by Crippen LogP contribution is -2.49. The minimum atomic E-state index is -0.846. The number of fused-ring (bicyclic) bond motifs is 6. The molecule has 3 aromatic carbocycles. The first-order valence-electron chi connectivity index (χ1n) is 44.7. The maximum Gasteiger partial charge on any atom is 0.145 e. The van der Waals surface area contributed by atoms with Gasteiger partial charge in [0, 0.05) is 117 Å². The molecule has 1 aliphatic heterocycles. The van der Waals surface area contributed by atoms with Crippen molar-refractivity contribution in [1.82, 2.24) is 78.2 Å². The number of aliphatic hydroxyl groups excluding tert-OH is 6. The van der Waals surface area contributed by atoms with Gasteiger partial charge in [-0.2, -0.15) is 0 Å². The molecule has 0 bridgehead atoms. The molecule has 7 fully saturated rings. The van der Waals surface area contributed by atoms with Gasteiger partial charge in [-0.3, -0.25) is 14.8 Å². The van der Waals surface area contributed by atoms with Crippen LogP contribution in [-0.4, -0.2) is 209 Å². The molecule has 121 heavy (non-hydrogen) atoms. The van der Waals surface area contributed by atoms with Gasteiger partial charge in [-0.15, -0.1) is 0 Å². The summed E-state index contributed by atoms with van der Waals surface area (Å²) in [5, 5.41) is 69.3. The number of aliphatic hydroxyl groups is 6. The van der Waals surface area contributed by atoms with E-state index in [4.69, 9.17) is 43.8 Å². The molecule has 0 saturated heterocycles. The molecule has 12 atom stereocenters. The molecule has 11 aromatic rings. The highest BCUT2D eigenvalue weighted by Gasteiger charge is 2.49. The Kier molecular flexibility index (Phi) is 24.2. The molecule has 14 N–H and O–H groups in total. The number of H-pyrrole nitrogens is 2. The number of nitrogen functional groups attached to an aromatic ring is 3. The van der Waals surface area contributed by atoms with Crippen LogP contribution >= 0.6 is 11.6 Å². The number of aromatic nitrogens is 13. The predicted octanol–water partition coefficient (Wildman–Crippen LogP) is 13.5. The zero-order valence-electron chi connectivity index (χ0n) is 72.1. The van der Waals surface area contributed by atoms with E-state index in [1.165, 1.54) is 92.0 Å². The van der Waals surface area contributed by atoms with Crippen molar-refractivity contribution >= 4 is 95.6 Å². The summed E-state index contributed by atoms with van der Waals surface area (Å²) in [4.78, 5) is 54.7. The maximum atomic E-state index is 11.2. The quantitative estimate of drug-likeness (QED) is 0.0253. The molecule has 646 valence electrons. The highest BCUT2D eigenvalue weighted by molar-refractivity contribution is 6.32. The normalized spacial score (nSPS) is 27.9. The van der Waals surface area contributed by atoms with Crippen molar-refractivity contribution in [1.29, 1.82) is 0 Å². The smallest absolute Gasteiger partial charge is 0.145 e. The van der Waals surface area contributed by atoms with Crippen molar-refractivity contribution in [2.45, 2.75) is 262 Å². The molecule has 9 heterocycles. The minimum absolute atomic E-state index is 0.00349. The second kappa shape index (κ2) is 34.5. The fraction of sp³-hybridized carbons (Fsp3) is 0.585. The number of aromatic amines is 2. The highest BCUT2D eigenvalue weighted by Crippen LogP contribution is 2.47. The van der Waals surface area contributed by atoms with Crippen LogP contribution in [0.25, 0.3) is 55.2 Å². The first-order valence-corrected chi connectivity index (χ1v) is 45.1. The number of rotatable bonds is 25. The Labute approximate surface area is 714 Å². The van der Waals surface area contributed by atoms with E-state index < -0.39 is 36.6 Å². The van der Waals surface area contributed by atoms with Crippen LogP contribution in [0, 0.1) is 54.3 Å². The fourth-order valence-electron chi connectivity index (χ4n) is 21.0. The van der Waals surface area contributed by atoms with Gasteiger partial charge in [0.25, 0.3) is 0 Å². The molecule has 0 radical (unpaired) electrons. The Bertz CT molecular complexity index is 5460. The van der Waals surface area contributed by atoms with Crippen molar-refractivity contribution in [3.05, 3.63) is 143 Å². The predicted molar refractivity (Wildman–Crippen MR) is 479 cm³/mol. The van der Waals surface area contributed by atoms with Gasteiger partial charge in [-0.25, -0.2) is 39.9 Å². The Morgan fingerprint density at radius 1 is 0.488 bits per heavy atom. The molecule has 8 aliphatic rings. The second-order valence-electron chi connectivity index (χ2n) is 40.0. The lowest BCUT2D eigenvalue weighted by molar-refractivity contribution is -0.0131. The molecule has 26 nitrogen and oxygen atoms in total. The summed E-state index contributed by atoms with van der Waals surface area (Å²) in [5.74, 6) is 6.86. The van der Waals surface area contributed by atoms with E-state index in [2.05, 4.69) is 159 Å². The van der Waals surface area contributed by atoms with Gasteiger partial charge in [0.1, 0.15) is 83.3 Å². The number of hydrogen-bond donors (Lipinski definition) is 11. The van der Waals surface area contributed by atoms with Crippen molar-refractivity contribution in [3.8, 4) is 0 Å². The molecule has 27 heteroatoms. The van der Waals surface area contributed by atoms with Crippen molar-refractivity contribution in [2.24, 2.45) is 52.3 Å². The second-order valence-corrected chi connectivity index (χ2v) is 40.4. The molecule has 8 aromatic heterocycles. The lowest BCUT2D eigenvalue weighted by atomic mass is 9.75. The number of hydrogen-bond acceptors (Lipinski definition) is 21. The molecular formula is C94H127ClN20O6. The standard InChI is InChI=1S/C34H48N6O2.C33H45N7O2.C27H34ClN7O2/c1-20(2)17-39(18-23-15-29(31(42)30(23)41)40-11-10-27-32(35)36-19-37-33(27)40)26-12-21(13-26)6-9-25-14-22-7-8-24(34(3,4)5)16-28(22)38-25;1-33(2,3)22-7-8-25-26(15-22)38-28(37-25)9-6-20-12-23(13-20)39(16-19-4-5-19)17-21-14-27(30(42)29(21)41)40-11-10-24-31(34)35-18-36-32(24)40;1-14-7-20-21(11-19(14)28)33-23(32-20)4-3-15-8-17(9-15)34(2)12-16-10-22(25(37)24(16)36)35-6-5-18-26(29)30-13-31-27(18)35/h7-8,10-11,16,19-21,23,26,29-31,41-42H,6,9,12-15,17-18H2,1-5H3,(H2,35,36,37);7-8,10-11,15,18-21,23,27,29-30,41-42H,4-6,9,12-14,16-17H2,1-3H3,(H,37,38)(H2,34,35,36);5-7,11,13,15-17,22,24-25,36-37H,3-4,8-10,12H2,1-2H3,(H,32,33)(H2,29,30,31)/t21?,23-,26?,29-,30-,31+;20?,21-,23?,27-,29-,30+;15?,16-,17?,22-,24-,25+/m111/s1. The molecule has 0 amide bonds. The lowest BCUT2D eigenvalue weighted by Gasteiger charge is -2.45. The molecule has 0 unspecified atom stereocenters.